The monoisotopic (exact) mass is 589 g/mol. The average Bonchev–Trinajstić information content (AvgIpc) is 3.42. The lowest BCUT2D eigenvalue weighted by molar-refractivity contribution is -0.285. The lowest BCUT2D eigenvalue weighted by Crippen LogP contribution is -2.37. The van der Waals surface area contributed by atoms with Crippen molar-refractivity contribution in [1.82, 2.24) is 24.7 Å². The normalized spacial score (nSPS) is 17.0. The van der Waals surface area contributed by atoms with Crippen molar-refractivity contribution >= 4 is 34.5 Å². The SMILES string of the molecule is C[C@@]1(c2ccc(CCCC(=O)O)cc2)C(=O)Nc2nc(-c3nn(CCC(F)(F)C(F)(F)F)c4ncccc34)nc(N)c21. The number of aliphatic carboxylic acids is 1. The molecule has 3 aromatic heterocycles. The van der Waals surface area contributed by atoms with E-state index >= 15 is 0 Å². The maximum absolute atomic E-state index is 13.6. The highest BCUT2D eigenvalue weighted by Crippen LogP contribution is 2.45. The van der Waals surface area contributed by atoms with E-state index in [2.05, 4.69) is 25.4 Å². The Kier molecular flexibility index (Phi) is 7.07. The number of benzene rings is 1. The minimum absolute atomic E-state index is 0.0368. The third-order valence-corrected chi connectivity index (χ3v) is 7.28. The Morgan fingerprint density at radius 1 is 1.12 bits per heavy atom. The first-order valence-corrected chi connectivity index (χ1v) is 12.8. The molecule has 0 fully saturated rings. The first kappa shape index (κ1) is 28.8. The van der Waals surface area contributed by atoms with Gasteiger partial charge in [-0.1, -0.05) is 24.3 Å². The van der Waals surface area contributed by atoms with Crippen LogP contribution in [-0.2, 0) is 28.0 Å². The van der Waals surface area contributed by atoms with E-state index in [0.29, 0.717) is 24.0 Å². The van der Waals surface area contributed by atoms with Gasteiger partial charge in [0.2, 0.25) is 5.91 Å². The number of halogens is 5. The molecule has 0 unspecified atom stereocenters. The molecule has 1 amide bonds. The fourth-order valence-electron chi connectivity index (χ4n) is 4.96. The molecule has 42 heavy (non-hydrogen) atoms. The van der Waals surface area contributed by atoms with Crippen LogP contribution in [-0.4, -0.2) is 53.8 Å². The van der Waals surface area contributed by atoms with Crippen molar-refractivity contribution in [1.29, 1.82) is 0 Å². The van der Waals surface area contributed by atoms with Crippen LogP contribution in [0, 0.1) is 0 Å². The first-order valence-electron chi connectivity index (χ1n) is 12.8. The van der Waals surface area contributed by atoms with E-state index in [1.165, 1.54) is 18.3 Å². The van der Waals surface area contributed by atoms with Crippen molar-refractivity contribution in [2.45, 2.75) is 56.7 Å². The summed E-state index contributed by atoms with van der Waals surface area (Å²) in [4.78, 5) is 36.9. The van der Waals surface area contributed by atoms with Crippen LogP contribution in [0.3, 0.4) is 0 Å². The van der Waals surface area contributed by atoms with E-state index < -0.39 is 42.4 Å². The molecule has 220 valence electrons. The summed E-state index contributed by atoms with van der Waals surface area (Å²) in [6.45, 7) is 0.865. The van der Waals surface area contributed by atoms with Gasteiger partial charge in [-0.15, -0.1) is 0 Å². The summed E-state index contributed by atoms with van der Waals surface area (Å²) in [5, 5.41) is 16.0. The molecule has 5 rings (SSSR count). The number of nitrogens with one attached hydrogen (secondary N) is 1. The second-order valence-corrected chi connectivity index (χ2v) is 10.1. The average molecular weight is 590 g/mol. The molecular formula is C27H24F5N7O3. The highest BCUT2D eigenvalue weighted by atomic mass is 19.4. The summed E-state index contributed by atoms with van der Waals surface area (Å²) < 4.78 is 66.3. The van der Waals surface area contributed by atoms with E-state index in [-0.39, 0.29) is 40.6 Å². The van der Waals surface area contributed by atoms with E-state index in [0.717, 1.165) is 10.2 Å². The van der Waals surface area contributed by atoms with Crippen molar-refractivity contribution in [2.75, 3.05) is 11.1 Å². The van der Waals surface area contributed by atoms with Gasteiger partial charge in [0, 0.05) is 25.6 Å². The van der Waals surface area contributed by atoms with Crippen LogP contribution in [0.4, 0.5) is 33.6 Å². The van der Waals surface area contributed by atoms with Crippen LogP contribution < -0.4 is 11.1 Å². The summed E-state index contributed by atoms with van der Waals surface area (Å²) in [7, 11) is 0. The molecular weight excluding hydrogens is 565 g/mol. The number of aryl methyl sites for hydroxylation is 2. The summed E-state index contributed by atoms with van der Waals surface area (Å²) >= 11 is 0. The molecule has 4 N–H and O–H groups in total. The number of aromatic nitrogens is 5. The molecule has 1 aliphatic heterocycles. The number of carboxylic acid groups (broad SMARTS) is 1. The third-order valence-electron chi connectivity index (χ3n) is 7.28. The van der Waals surface area contributed by atoms with Gasteiger partial charge < -0.3 is 16.2 Å². The predicted octanol–water partition coefficient (Wildman–Crippen LogP) is 4.72. The van der Waals surface area contributed by atoms with Gasteiger partial charge in [0.1, 0.15) is 22.7 Å². The molecule has 1 aliphatic rings. The van der Waals surface area contributed by atoms with Crippen LogP contribution in [0.15, 0.2) is 42.6 Å². The second-order valence-electron chi connectivity index (χ2n) is 10.1. The van der Waals surface area contributed by atoms with Gasteiger partial charge >= 0.3 is 18.1 Å². The number of nitrogens with two attached hydrogens (primary N) is 1. The van der Waals surface area contributed by atoms with Crippen molar-refractivity contribution in [2.24, 2.45) is 0 Å². The zero-order valence-electron chi connectivity index (χ0n) is 22.0. The maximum atomic E-state index is 13.6. The number of amides is 1. The Bertz CT molecular complexity index is 1690. The summed E-state index contributed by atoms with van der Waals surface area (Å²) in [5.74, 6) is -6.28. The molecule has 0 spiro atoms. The lowest BCUT2D eigenvalue weighted by atomic mass is 9.77. The zero-order valence-corrected chi connectivity index (χ0v) is 22.0. The number of pyridine rings is 1. The molecule has 0 radical (unpaired) electrons. The Labute approximate surface area is 234 Å². The quantitative estimate of drug-likeness (QED) is 0.238. The number of hydrogen-bond acceptors (Lipinski definition) is 7. The highest BCUT2D eigenvalue weighted by molar-refractivity contribution is 6.09. The standard InChI is InChI=1S/C27H24F5N7O3/c1-25(15-9-7-14(8-10-15)4-2-6-17(40)41)18-20(33)35-22(36-21(18)37-24(25)42)19-16-5-3-12-34-23(16)39(38-19)13-11-26(28,29)27(30,31)32/h3,5,7-10,12H,2,4,6,11,13H2,1H3,(H,40,41)(H3,33,35,36,37,42)/t25-/m0/s1. The number of fused-ring (bicyclic) bond motifs is 2. The van der Waals surface area contributed by atoms with Crippen molar-refractivity contribution in [3.63, 3.8) is 0 Å². The van der Waals surface area contributed by atoms with Gasteiger partial charge in [0.25, 0.3) is 0 Å². The molecule has 0 saturated heterocycles. The highest BCUT2D eigenvalue weighted by Gasteiger charge is 2.57. The molecule has 0 saturated carbocycles. The van der Waals surface area contributed by atoms with Gasteiger partial charge in [0.05, 0.1) is 10.9 Å². The van der Waals surface area contributed by atoms with E-state index in [1.807, 2.05) is 0 Å². The van der Waals surface area contributed by atoms with Gasteiger partial charge in [-0.2, -0.15) is 27.1 Å². The van der Waals surface area contributed by atoms with E-state index in [9.17, 15) is 31.5 Å². The summed E-state index contributed by atoms with van der Waals surface area (Å²) in [6.07, 6.45) is -4.88. The molecule has 1 aromatic carbocycles. The van der Waals surface area contributed by atoms with Gasteiger partial charge in [-0.3, -0.25) is 9.59 Å². The van der Waals surface area contributed by atoms with Gasteiger partial charge in [0.15, 0.2) is 11.5 Å². The molecule has 10 nitrogen and oxygen atoms in total. The van der Waals surface area contributed by atoms with Crippen LogP contribution in [0.2, 0.25) is 0 Å². The molecule has 4 heterocycles. The Morgan fingerprint density at radius 2 is 1.83 bits per heavy atom. The van der Waals surface area contributed by atoms with Crippen LogP contribution in [0.25, 0.3) is 22.6 Å². The largest absolute Gasteiger partial charge is 0.481 e. The molecule has 0 aliphatic carbocycles. The lowest BCUT2D eigenvalue weighted by Gasteiger charge is -2.23. The summed E-state index contributed by atoms with van der Waals surface area (Å²) in [5.41, 5.74) is 6.95. The topological polar surface area (TPSA) is 149 Å². The Morgan fingerprint density at radius 3 is 2.50 bits per heavy atom. The van der Waals surface area contributed by atoms with Gasteiger partial charge in [-0.25, -0.2) is 19.6 Å². The number of nitrogens with zero attached hydrogens (tertiary/aromatic N) is 5. The molecule has 1 atom stereocenters. The summed E-state index contributed by atoms with van der Waals surface area (Å²) in [6, 6.07) is 10.2. The van der Waals surface area contributed by atoms with Crippen molar-refractivity contribution in [3.05, 3.63) is 59.3 Å². The van der Waals surface area contributed by atoms with Gasteiger partial charge in [-0.05, 0) is 43.0 Å². The number of rotatable bonds is 9. The Hall–Kier alpha value is -4.69. The number of carboxylic acids is 1. The number of alkyl halides is 5. The number of carbonyl (C=O) groups is 2. The van der Waals surface area contributed by atoms with Crippen molar-refractivity contribution in [3.8, 4) is 11.5 Å². The zero-order chi connectivity index (χ0) is 30.4. The smallest absolute Gasteiger partial charge is 0.453 e. The maximum Gasteiger partial charge on any atom is 0.453 e. The third kappa shape index (κ3) is 4.99. The fourth-order valence-corrected chi connectivity index (χ4v) is 4.96. The number of hydrogen-bond donors (Lipinski definition) is 3. The predicted molar refractivity (Wildman–Crippen MR) is 141 cm³/mol. The minimum atomic E-state index is -5.71. The first-order chi connectivity index (χ1) is 19.7. The minimum Gasteiger partial charge on any atom is -0.481 e. The fraction of sp³-hybridized carbons (Fsp3) is 0.333. The number of nitrogen functional groups attached to an aromatic ring is 1. The van der Waals surface area contributed by atoms with Crippen molar-refractivity contribution < 1.29 is 36.6 Å². The Balaban J connectivity index is 1.49. The van der Waals surface area contributed by atoms with Crippen LogP contribution in [0.5, 0.6) is 0 Å². The van der Waals surface area contributed by atoms with Crippen LogP contribution >= 0.6 is 0 Å². The van der Waals surface area contributed by atoms with Crippen LogP contribution in [0.1, 0.15) is 42.9 Å². The number of carbonyl (C=O) groups excluding carboxylic acids is 1. The van der Waals surface area contributed by atoms with E-state index in [1.54, 1.807) is 31.2 Å². The second kappa shape index (κ2) is 10.3. The molecule has 0 bridgehead atoms. The number of anilines is 2. The molecule has 4 aromatic rings. The van der Waals surface area contributed by atoms with E-state index in [4.69, 9.17) is 10.8 Å². The molecule has 15 heteroatoms.